The van der Waals surface area contributed by atoms with Gasteiger partial charge in [0.05, 0.1) is 0 Å². The van der Waals surface area contributed by atoms with E-state index in [1.807, 2.05) is 6.07 Å². The number of rotatable bonds is 4. The molecule has 16 heavy (non-hydrogen) atoms. The summed E-state index contributed by atoms with van der Waals surface area (Å²) < 4.78 is 1.11. The van der Waals surface area contributed by atoms with Gasteiger partial charge in [0.25, 0.3) is 0 Å². The van der Waals surface area contributed by atoms with Gasteiger partial charge in [-0.15, -0.1) is 23.1 Å². The Labute approximate surface area is 112 Å². The molecule has 1 aromatic carbocycles. The van der Waals surface area contributed by atoms with Gasteiger partial charge in [-0.2, -0.15) is 0 Å². The third-order valence-electron chi connectivity index (χ3n) is 2.15. The summed E-state index contributed by atoms with van der Waals surface area (Å²) in [4.78, 5) is 2.51. The predicted molar refractivity (Wildman–Crippen MR) is 76.1 cm³/mol. The topological polar surface area (TPSA) is 26.0 Å². The molecule has 2 aromatic rings. The van der Waals surface area contributed by atoms with Crippen molar-refractivity contribution in [2.75, 3.05) is 5.75 Å². The number of hydrogen-bond acceptors (Lipinski definition) is 3. The number of halogens is 1. The SMILES string of the molecule is NC(CSc1ccc(Br)cc1)c1cccs1. The first-order valence-electron chi connectivity index (χ1n) is 4.93. The fourth-order valence-electron chi connectivity index (χ4n) is 1.30. The van der Waals surface area contributed by atoms with Gasteiger partial charge in [0.2, 0.25) is 0 Å². The monoisotopic (exact) mass is 313 g/mol. The van der Waals surface area contributed by atoms with Crippen molar-refractivity contribution < 1.29 is 0 Å². The van der Waals surface area contributed by atoms with Crippen molar-refractivity contribution in [1.82, 2.24) is 0 Å². The van der Waals surface area contributed by atoms with Crippen molar-refractivity contribution in [3.8, 4) is 0 Å². The molecule has 84 valence electrons. The van der Waals surface area contributed by atoms with Crippen molar-refractivity contribution in [3.63, 3.8) is 0 Å². The van der Waals surface area contributed by atoms with Gasteiger partial charge in [0.1, 0.15) is 0 Å². The summed E-state index contributed by atoms with van der Waals surface area (Å²) in [6, 6.07) is 12.6. The molecule has 0 fully saturated rings. The molecule has 0 amide bonds. The van der Waals surface area contributed by atoms with E-state index in [9.17, 15) is 0 Å². The van der Waals surface area contributed by atoms with Crippen LogP contribution in [0.5, 0.6) is 0 Å². The smallest absolute Gasteiger partial charge is 0.0485 e. The minimum atomic E-state index is 0.133. The van der Waals surface area contributed by atoms with Crippen LogP contribution in [0.2, 0.25) is 0 Å². The molecule has 1 aromatic heterocycles. The Morgan fingerprint density at radius 2 is 2.00 bits per heavy atom. The lowest BCUT2D eigenvalue weighted by atomic mass is 10.3. The van der Waals surface area contributed by atoms with E-state index in [2.05, 4.69) is 51.6 Å². The normalized spacial score (nSPS) is 12.6. The van der Waals surface area contributed by atoms with E-state index in [0.29, 0.717) is 0 Å². The molecule has 0 aliphatic rings. The van der Waals surface area contributed by atoms with E-state index in [-0.39, 0.29) is 6.04 Å². The first-order chi connectivity index (χ1) is 7.75. The number of thiophene rings is 1. The summed E-state index contributed by atoms with van der Waals surface area (Å²) in [5.41, 5.74) is 6.10. The van der Waals surface area contributed by atoms with E-state index in [1.165, 1.54) is 9.77 Å². The Bertz CT molecular complexity index is 425. The molecule has 1 nitrogen and oxygen atoms in total. The van der Waals surface area contributed by atoms with Crippen LogP contribution in [0.3, 0.4) is 0 Å². The van der Waals surface area contributed by atoms with Crippen molar-refractivity contribution in [2.24, 2.45) is 5.73 Å². The molecule has 0 saturated carbocycles. The maximum Gasteiger partial charge on any atom is 0.0485 e. The fraction of sp³-hybridized carbons (Fsp3) is 0.167. The largest absolute Gasteiger partial charge is 0.323 e. The zero-order chi connectivity index (χ0) is 11.4. The molecule has 1 atom stereocenters. The zero-order valence-corrected chi connectivity index (χ0v) is 11.8. The first kappa shape index (κ1) is 12.2. The van der Waals surface area contributed by atoms with Crippen molar-refractivity contribution in [3.05, 3.63) is 51.1 Å². The second-order valence-corrected chi connectivity index (χ2v) is 6.38. The van der Waals surface area contributed by atoms with Crippen LogP contribution in [0.1, 0.15) is 10.9 Å². The summed E-state index contributed by atoms with van der Waals surface area (Å²) in [5, 5.41) is 2.07. The standard InChI is InChI=1S/C12H12BrNS2/c13-9-3-5-10(6-4-9)16-8-11(14)12-2-1-7-15-12/h1-7,11H,8,14H2. The van der Waals surface area contributed by atoms with E-state index >= 15 is 0 Å². The molecule has 0 aliphatic heterocycles. The lowest BCUT2D eigenvalue weighted by Gasteiger charge is -2.08. The third kappa shape index (κ3) is 3.35. The number of benzene rings is 1. The molecule has 0 aliphatic carbocycles. The van der Waals surface area contributed by atoms with Gasteiger partial charge >= 0.3 is 0 Å². The minimum absolute atomic E-state index is 0.133. The number of thioether (sulfide) groups is 1. The minimum Gasteiger partial charge on any atom is -0.323 e. The van der Waals surface area contributed by atoms with Crippen molar-refractivity contribution >= 4 is 39.0 Å². The van der Waals surface area contributed by atoms with Crippen LogP contribution in [0, 0.1) is 0 Å². The summed E-state index contributed by atoms with van der Waals surface area (Å²) in [6.07, 6.45) is 0. The highest BCUT2D eigenvalue weighted by Gasteiger charge is 2.07. The summed E-state index contributed by atoms with van der Waals surface area (Å²) >= 11 is 6.94. The molecular formula is C12H12BrNS2. The van der Waals surface area contributed by atoms with Crippen molar-refractivity contribution in [2.45, 2.75) is 10.9 Å². The van der Waals surface area contributed by atoms with Crippen LogP contribution in [0.25, 0.3) is 0 Å². The molecule has 0 saturated heterocycles. The number of hydrogen-bond donors (Lipinski definition) is 1. The van der Waals surface area contributed by atoms with E-state index < -0.39 is 0 Å². The molecule has 2 N–H and O–H groups in total. The van der Waals surface area contributed by atoms with Crippen LogP contribution < -0.4 is 5.73 Å². The van der Waals surface area contributed by atoms with Gasteiger partial charge in [0.15, 0.2) is 0 Å². The maximum atomic E-state index is 6.10. The second kappa shape index (κ2) is 5.87. The van der Waals surface area contributed by atoms with Crippen LogP contribution in [-0.4, -0.2) is 5.75 Å². The fourth-order valence-corrected chi connectivity index (χ4v) is 3.28. The van der Waals surface area contributed by atoms with Crippen LogP contribution in [0.4, 0.5) is 0 Å². The molecular weight excluding hydrogens is 302 g/mol. The zero-order valence-electron chi connectivity index (χ0n) is 8.60. The second-order valence-electron chi connectivity index (χ2n) is 3.39. The Morgan fingerprint density at radius 3 is 2.62 bits per heavy atom. The Balaban J connectivity index is 1.90. The molecule has 0 spiro atoms. The van der Waals surface area contributed by atoms with Crippen LogP contribution in [0.15, 0.2) is 51.1 Å². The average molecular weight is 314 g/mol. The number of nitrogens with two attached hydrogens (primary N) is 1. The Hall–Kier alpha value is -0.290. The Kier molecular flexibility index (Phi) is 4.46. The van der Waals surface area contributed by atoms with Crippen LogP contribution >= 0.6 is 39.0 Å². The highest BCUT2D eigenvalue weighted by atomic mass is 79.9. The third-order valence-corrected chi connectivity index (χ3v) is 4.82. The summed E-state index contributed by atoms with van der Waals surface area (Å²) in [5.74, 6) is 0.919. The molecule has 0 bridgehead atoms. The van der Waals surface area contributed by atoms with Gasteiger partial charge in [-0.1, -0.05) is 22.0 Å². The Morgan fingerprint density at radius 1 is 1.25 bits per heavy atom. The lowest BCUT2D eigenvalue weighted by Crippen LogP contribution is -2.10. The van der Waals surface area contributed by atoms with E-state index in [4.69, 9.17) is 5.73 Å². The molecule has 4 heteroatoms. The highest BCUT2D eigenvalue weighted by Crippen LogP contribution is 2.26. The van der Waals surface area contributed by atoms with Crippen molar-refractivity contribution in [1.29, 1.82) is 0 Å². The first-order valence-corrected chi connectivity index (χ1v) is 7.59. The van der Waals surface area contributed by atoms with Gasteiger partial charge in [0, 0.05) is 26.0 Å². The van der Waals surface area contributed by atoms with Crippen LogP contribution in [-0.2, 0) is 0 Å². The highest BCUT2D eigenvalue weighted by molar-refractivity contribution is 9.10. The van der Waals surface area contributed by atoms with E-state index in [1.54, 1.807) is 23.1 Å². The lowest BCUT2D eigenvalue weighted by molar-refractivity contribution is 0.852. The molecule has 2 rings (SSSR count). The summed E-state index contributed by atoms with van der Waals surface area (Å²) in [7, 11) is 0. The summed E-state index contributed by atoms with van der Waals surface area (Å²) in [6.45, 7) is 0. The molecule has 0 radical (unpaired) electrons. The van der Waals surface area contributed by atoms with Gasteiger partial charge in [-0.05, 0) is 35.7 Å². The quantitative estimate of drug-likeness (QED) is 0.851. The molecule has 1 heterocycles. The van der Waals surface area contributed by atoms with Gasteiger partial charge in [-0.3, -0.25) is 0 Å². The average Bonchev–Trinajstić information content (AvgIpc) is 2.81. The van der Waals surface area contributed by atoms with Gasteiger partial charge < -0.3 is 5.73 Å². The predicted octanol–water partition coefficient (Wildman–Crippen LogP) is 4.30. The van der Waals surface area contributed by atoms with E-state index in [0.717, 1.165) is 10.2 Å². The molecule has 1 unspecified atom stereocenters. The maximum absolute atomic E-state index is 6.10. The van der Waals surface area contributed by atoms with Gasteiger partial charge in [-0.25, -0.2) is 0 Å².